The van der Waals surface area contributed by atoms with Crippen molar-refractivity contribution in [3.63, 3.8) is 0 Å². The van der Waals surface area contributed by atoms with Gasteiger partial charge < -0.3 is 0 Å². The lowest BCUT2D eigenvalue weighted by Crippen LogP contribution is -2.36. The van der Waals surface area contributed by atoms with E-state index in [-0.39, 0.29) is 5.82 Å². The Morgan fingerprint density at radius 3 is 2.31 bits per heavy atom. The van der Waals surface area contributed by atoms with E-state index in [0.717, 1.165) is 44.3 Å². The summed E-state index contributed by atoms with van der Waals surface area (Å²) in [5.41, 5.74) is 1.81. The van der Waals surface area contributed by atoms with Gasteiger partial charge in [0.05, 0.1) is 11.5 Å². The van der Waals surface area contributed by atoms with E-state index in [1.165, 1.54) is 30.5 Å². The third-order valence-electron chi connectivity index (χ3n) is 6.59. The zero-order valence-corrected chi connectivity index (χ0v) is 17.8. The Labute approximate surface area is 175 Å². The lowest BCUT2D eigenvalue weighted by molar-refractivity contribution is 0.197. The second kappa shape index (κ2) is 10.0. The first-order valence-corrected chi connectivity index (χ1v) is 11.0. The number of nitriles is 1. The molecule has 0 amide bonds. The molecule has 0 heterocycles. The molecule has 0 N–H and O–H groups in total. The highest BCUT2D eigenvalue weighted by atomic mass is 19.1. The molecule has 154 valence electrons. The highest BCUT2D eigenvalue weighted by Crippen LogP contribution is 2.45. The van der Waals surface area contributed by atoms with E-state index >= 15 is 0 Å². The minimum atomic E-state index is -0.500. The first-order valence-electron chi connectivity index (χ1n) is 11.0. The third kappa shape index (κ3) is 5.25. The summed E-state index contributed by atoms with van der Waals surface area (Å²) in [6, 6.07) is 20.4. The molecule has 2 aromatic rings. The lowest BCUT2D eigenvalue weighted by Gasteiger charge is -2.35. The number of rotatable bonds is 9. The van der Waals surface area contributed by atoms with Crippen molar-refractivity contribution >= 4 is 0 Å². The number of hydrogen-bond donors (Lipinski definition) is 0. The van der Waals surface area contributed by atoms with Gasteiger partial charge >= 0.3 is 0 Å². The minimum absolute atomic E-state index is 0.235. The van der Waals surface area contributed by atoms with E-state index in [4.69, 9.17) is 0 Å². The van der Waals surface area contributed by atoms with Crippen molar-refractivity contribution in [2.24, 2.45) is 5.92 Å². The van der Waals surface area contributed by atoms with Gasteiger partial charge in [0, 0.05) is 12.6 Å². The molecule has 1 fully saturated rings. The fraction of sp³-hybridized carbons (Fsp3) is 0.500. The Morgan fingerprint density at radius 1 is 1.07 bits per heavy atom. The van der Waals surface area contributed by atoms with E-state index in [9.17, 15) is 9.65 Å². The maximum Gasteiger partial charge on any atom is 0.123 e. The van der Waals surface area contributed by atoms with Crippen molar-refractivity contribution < 1.29 is 4.39 Å². The smallest absolute Gasteiger partial charge is 0.123 e. The zero-order chi connectivity index (χ0) is 20.7. The van der Waals surface area contributed by atoms with Crippen molar-refractivity contribution in [3.8, 4) is 6.07 Å². The molecule has 0 aromatic heterocycles. The van der Waals surface area contributed by atoms with Crippen molar-refractivity contribution in [2.75, 3.05) is 6.54 Å². The maximum atomic E-state index is 13.5. The first-order chi connectivity index (χ1) is 14.0. The number of halogens is 1. The summed E-state index contributed by atoms with van der Waals surface area (Å²) in [5.74, 6) is 0.139. The lowest BCUT2D eigenvalue weighted by atomic mass is 9.67. The van der Waals surface area contributed by atoms with Gasteiger partial charge in [0.2, 0.25) is 0 Å². The molecule has 0 aliphatic heterocycles. The van der Waals surface area contributed by atoms with Crippen LogP contribution in [0, 0.1) is 23.1 Å². The van der Waals surface area contributed by atoms with Crippen LogP contribution in [0.4, 0.5) is 4.39 Å². The van der Waals surface area contributed by atoms with Crippen molar-refractivity contribution in [2.45, 2.75) is 70.4 Å². The van der Waals surface area contributed by atoms with E-state index in [2.05, 4.69) is 55.1 Å². The van der Waals surface area contributed by atoms with Crippen LogP contribution in [0.2, 0.25) is 0 Å². The van der Waals surface area contributed by atoms with Crippen molar-refractivity contribution in [1.29, 1.82) is 5.26 Å². The van der Waals surface area contributed by atoms with Crippen LogP contribution >= 0.6 is 0 Å². The normalized spacial score (nSPS) is 16.8. The second-order valence-electron chi connectivity index (χ2n) is 8.72. The van der Waals surface area contributed by atoms with E-state index in [1.54, 1.807) is 0 Å². The SMILES string of the molecule is CC(C)N(CCCC(C#N)(c1ccc(F)cc1)C1CCCC1)Cc1ccccc1. The quantitative estimate of drug-likeness (QED) is 0.489. The van der Waals surface area contributed by atoms with Crippen LogP contribution in [0.15, 0.2) is 54.6 Å². The summed E-state index contributed by atoms with van der Waals surface area (Å²) in [6.07, 6.45) is 6.39. The van der Waals surface area contributed by atoms with Crippen LogP contribution < -0.4 is 0 Å². The molecule has 3 rings (SSSR count). The van der Waals surface area contributed by atoms with Gasteiger partial charge in [-0.2, -0.15) is 5.26 Å². The Bertz CT molecular complexity index is 788. The van der Waals surface area contributed by atoms with Crippen LogP contribution in [0.25, 0.3) is 0 Å². The summed E-state index contributed by atoms with van der Waals surface area (Å²) in [4.78, 5) is 2.48. The zero-order valence-electron chi connectivity index (χ0n) is 17.8. The molecule has 2 aromatic carbocycles. The molecule has 3 heteroatoms. The average Bonchev–Trinajstić information content (AvgIpc) is 3.27. The Morgan fingerprint density at radius 2 is 1.72 bits per heavy atom. The molecule has 29 heavy (non-hydrogen) atoms. The fourth-order valence-corrected chi connectivity index (χ4v) is 4.86. The van der Waals surface area contributed by atoms with E-state index < -0.39 is 5.41 Å². The van der Waals surface area contributed by atoms with Crippen molar-refractivity contribution in [3.05, 3.63) is 71.5 Å². The number of nitrogens with zero attached hydrogens (tertiary/aromatic N) is 2. The number of benzene rings is 2. The summed E-state index contributed by atoms with van der Waals surface area (Å²) in [7, 11) is 0. The summed E-state index contributed by atoms with van der Waals surface area (Å²) in [5, 5.41) is 10.3. The second-order valence-corrected chi connectivity index (χ2v) is 8.72. The molecule has 1 aliphatic rings. The molecule has 2 nitrogen and oxygen atoms in total. The maximum absolute atomic E-state index is 13.5. The third-order valence-corrected chi connectivity index (χ3v) is 6.59. The van der Waals surface area contributed by atoms with E-state index in [0.29, 0.717) is 12.0 Å². The molecule has 0 bridgehead atoms. The molecule has 1 saturated carbocycles. The molecule has 0 saturated heterocycles. The highest BCUT2D eigenvalue weighted by Gasteiger charge is 2.41. The van der Waals surface area contributed by atoms with Crippen LogP contribution in [0.1, 0.15) is 63.5 Å². The van der Waals surface area contributed by atoms with Gasteiger partial charge in [-0.3, -0.25) is 4.90 Å². The Kier molecular flexibility index (Phi) is 7.45. The predicted octanol–water partition coefficient (Wildman–Crippen LogP) is 6.47. The number of hydrogen-bond acceptors (Lipinski definition) is 2. The first kappa shape index (κ1) is 21.5. The Hall–Kier alpha value is -2.18. The van der Waals surface area contributed by atoms with Gasteiger partial charge in [0.25, 0.3) is 0 Å². The van der Waals surface area contributed by atoms with Gasteiger partial charge in [0.1, 0.15) is 5.82 Å². The molecular weight excluding hydrogens is 359 g/mol. The topological polar surface area (TPSA) is 27.0 Å². The average molecular weight is 393 g/mol. The molecule has 1 aliphatic carbocycles. The van der Waals surface area contributed by atoms with Gasteiger partial charge in [0.15, 0.2) is 0 Å². The predicted molar refractivity (Wildman–Crippen MR) is 117 cm³/mol. The van der Waals surface area contributed by atoms with Crippen LogP contribution in [-0.4, -0.2) is 17.5 Å². The molecule has 1 unspecified atom stereocenters. The molecule has 0 radical (unpaired) electrons. The fourth-order valence-electron chi connectivity index (χ4n) is 4.86. The molecule has 1 atom stereocenters. The van der Waals surface area contributed by atoms with Gasteiger partial charge in [-0.15, -0.1) is 0 Å². The van der Waals surface area contributed by atoms with Gasteiger partial charge in [-0.05, 0) is 75.3 Å². The minimum Gasteiger partial charge on any atom is -0.297 e. The van der Waals surface area contributed by atoms with Gasteiger partial charge in [-0.25, -0.2) is 4.39 Å². The van der Waals surface area contributed by atoms with Crippen molar-refractivity contribution in [1.82, 2.24) is 4.90 Å². The van der Waals surface area contributed by atoms with Crippen LogP contribution in [-0.2, 0) is 12.0 Å². The van der Waals surface area contributed by atoms with E-state index in [1.807, 2.05) is 12.1 Å². The summed E-state index contributed by atoms with van der Waals surface area (Å²) >= 11 is 0. The highest BCUT2D eigenvalue weighted by molar-refractivity contribution is 5.34. The Balaban J connectivity index is 1.73. The summed E-state index contributed by atoms with van der Waals surface area (Å²) < 4.78 is 13.5. The monoisotopic (exact) mass is 392 g/mol. The summed E-state index contributed by atoms with van der Waals surface area (Å²) in [6.45, 7) is 6.36. The molecule has 0 spiro atoms. The van der Waals surface area contributed by atoms with Gasteiger partial charge in [-0.1, -0.05) is 55.3 Å². The molecular formula is C26H33FN2. The largest absolute Gasteiger partial charge is 0.297 e. The van der Waals surface area contributed by atoms with Crippen LogP contribution in [0.5, 0.6) is 0 Å². The standard InChI is InChI=1S/C26H33FN2/c1-21(2)29(19-22-9-4-3-5-10-22)18-8-17-26(20-28,23-11-6-7-12-23)24-13-15-25(27)16-14-24/h3-5,9-10,13-16,21,23H,6-8,11-12,17-19H2,1-2H3. The van der Waals surface area contributed by atoms with Crippen LogP contribution in [0.3, 0.4) is 0 Å².